The van der Waals surface area contributed by atoms with Crippen molar-refractivity contribution in [2.75, 3.05) is 6.54 Å². The number of furan rings is 1. The van der Waals surface area contributed by atoms with Crippen LogP contribution in [0.4, 0.5) is 0 Å². The first-order chi connectivity index (χ1) is 9.25. The molecule has 5 heteroatoms. The monoisotopic (exact) mass is 276 g/mol. The quantitative estimate of drug-likeness (QED) is 0.844. The second-order valence-corrected chi connectivity index (χ2v) is 5.70. The van der Waals surface area contributed by atoms with Crippen molar-refractivity contribution in [3.05, 3.63) is 40.2 Å². The van der Waals surface area contributed by atoms with E-state index >= 15 is 0 Å². The number of carbonyl (C=O) groups is 1. The van der Waals surface area contributed by atoms with Gasteiger partial charge < -0.3 is 9.32 Å². The van der Waals surface area contributed by atoms with E-state index in [1.807, 2.05) is 17.2 Å². The first kappa shape index (κ1) is 12.4. The standard InChI is InChI=1S/C14H16N2O2S/c1-10-9-19-13(15-10)11-5-2-3-7-16(11)14(17)12-6-4-8-18-12/h4,6,8-9,11H,2-3,5,7H2,1H3/t11-/m0/s1. The number of aryl methyl sites for hydroxylation is 1. The molecular weight excluding hydrogens is 260 g/mol. The van der Waals surface area contributed by atoms with Crippen molar-refractivity contribution < 1.29 is 9.21 Å². The van der Waals surface area contributed by atoms with Gasteiger partial charge in [-0.15, -0.1) is 11.3 Å². The summed E-state index contributed by atoms with van der Waals surface area (Å²) < 4.78 is 5.23. The molecule has 0 aromatic carbocycles. The highest BCUT2D eigenvalue weighted by atomic mass is 32.1. The number of aromatic nitrogens is 1. The average molecular weight is 276 g/mol. The fourth-order valence-corrected chi connectivity index (χ4v) is 3.44. The second kappa shape index (κ2) is 5.17. The van der Waals surface area contributed by atoms with Gasteiger partial charge in [0.15, 0.2) is 5.76 Å². The molecule has 3 rings (SSSR count). The van der Waals surface area contributed by atoms with E-state index in [-0.39, 0.29) is 11.9 Å². The van der Waals surface area contributed by atoms with Gasteiger partial charge in [0.2, 0.25) is 0 Å². The molecule has 0 radical (unpaired) electrons. The van der Waals surface area contributed by atoms with Crippen molar-refractivity contribution in [2.24, 2.45) is 0 Å². The third-order valence-corrected chi connectivity index (χ3v) is 4.48. The number of hydrogen-bond acceptors (Lipinski definition) is 4. The van der Waals surface area contributed by atoms with Gasteiger partial charge in [0, 0.05) is 17.6 Å². The van der Waals surface area contributed by atoms with Crippen LogP contribution >= 0.6 is 11.3 Å². The molecule has 0 N–H and O–H groups in total. The summed E-state index contributed by atoms with van der Waals surface area (Å²) >= 11 is 1.64. The van der Waals surface area contributed by atoms with Crippen LogP contribution in [0.1, 0.15) is 46.6 Å². The number of hydrogen-bond donors (Lipinski definition) is 0. The molecular formula is C14H16N2O2S. The molecule has 2 aromatic rings. The number of carbonyl (C=O) groups excluding carboxylic acids is 1. The van der Waals surface area contributed by atoms with Crippen LogP contribution in [-0.4, -0.2) is 22.3 Å². The Morgan fingerprint density at radius 3 is 3.11 bits per heavy atom. The van der Waals surface area contributed by atoms with Crippen LogP contribution in [0.15, 0.2) is 28.2 Å². The SMILES string of the molecule is Cc1csc([C@@H]2CCCCN2C(=O)c2ccco2)n1. The fourth-order valence-electron chi connectivity index (χ4n) is 2.50. The minimum atomic E-state index is -0.0254. The third kappa shape index (κ3) is 2.42. The van der Waals surface area contributed by atoms with Gasteiger partial charge in [-0.3, -0.25) is 4.79 Å². The maximum Gasteiger partial charge on any atom is 0.290 e. The lowest BCUT2D eigenvalue weighted by Gasteiger charge is -2.33. The Balaban J connectivity index is 1.87. The lowest BCUT2D eigenvalue weighted by molar-refractivity contribution is 0.0578. The zero-order chi connectivity index (χ0) is 13.2. The molecule has 100 valence electrons. The maximum absolute atomic E-state index is 12.5. The average Bonchev–Trinajstić information content (AvgIpc) is 3.09. The minimum Gasteiger partial charge on any atom is -0.459 e. The normalized spacial score (nSPS) is 19.6. The number of nitrogens with zero attached hydrogens (tertiary/aromatic N) is 2. The number of rotatable bonds is 2. The van der Waals surface area contributed by atoms with Gasteiger partial charge in [0.1, 0.15) is 5.01 Å². The van der Waals surface area contributed by atoms with E-state index < -0.39 is 0 Å². The number of amides is 1. The highest BCUT2D eigenvalue weighted by molar-refractivity contribution is 7.09. The molecule has 1 amide bonds. The Morgan fingerprint density at radius 2 is 2.42 bits per heavy atom. The lowest BCUT2D eigenvalue weighted by atomic mass is 10.0. The minimum absolute atomic E-state index is 0.0254. The van der Waals surface area contributed by atoms with Crippen LogP contribution in [0.5, 0.6) is 0 Å². The summed E-state index contributed by atoms with van der Waals surface area (Å²) in [5.74, 6) is 0.391. The van der Waals surface area contributed by atoms with Crippen LogP contribution in [-0.2, 0) is 0 Å². The van der Waals surface area contributed by atoms with Crippen LogP contribution in [0.25, 0.3) is 0 Å². The molecule has 0 aliphatic carbocycles. The Bertz CT molecular complexity index is 562. The Labute approximate surface area is 116 Å². The van der Waals surface area contributed by atoms with Crippen LogP contribution in [0.3, 0.4) is 0 Å². The van der Waals surface area contributed by atoms with Crippen LogP contribution in [0.2, 0.25) is 0 Å². The molecule has 1 saturated heterocycles. The van der Waals surface area contributed by atoms with Crippen LogP contribution in [0, 0.1) is 6.92 Å². The van der Waals surface area contributed by atoms with Crippen molar-refractivity contribution in [3.8, 4) is 0 Å². The van der Waals surface area contributed by atoms with Gasteiger partial charge in [0.25, 0.3) is 5.91 Å². The van der Waals surface area contributed by atoms with Crippen molar-refractivity contribution in [1.82, 2.24) is 9.88 Å². The Kier molecular flexibility index (Phi) is 3.38. The van der Waals surface area contributed by atoms with E-state index in [0.717, 1.165) is 36.5 Å². The van der Waals surface area contributed by atoms with Gasteiger partial charge >= 0.3 is 0 Å². The van der Waals surface area contributed by atoms with Gasteiger partial charge in [-0.2, -0.15) is 0 Å². The zero-order valence-corrected chi connectivity index (χ0v) is 11.7. The van der Waals surface area contributed by atoms with E-state index in [1.54, 1.807) is 29.7 Å². The molecule has 19 heavy (non-hydrogen) atoms. The topological polar surface area (TPSA) is 46.3 Å². The van der Waals surface area contributed by atoms with Gasteiger partial charge in [0.05, 0.1) is 12.3 Å². The van der Waals surface area contributed by atoms with E-state index in [4.69, 9.17) is 4.42 Å². The molecule has 0 saturated carbocycles. The fraction of sp³-hybridized carbons (Fsp3) is 0.429. The largest absolute Gasteiger partial charge is 0.459 e. The molecule has 1 aliphatic heterocycles. The predicted molar refractivity (Wildman–Crippen MR) is 73.2 cm³/mol. The lowest BCUT2D eigenvalue weighted by Crippen LogP contribution is -2.38. The Morgan fingerprint density at radius 1 is 1.53 bits per heavy atom. The molecule has 1 atom stereocenters. The van der Waals surface area contributed by atoms with E-state index in [2.05, 4.69) is 4.98 Å². The van der Waals surface area contributed by atoms with Gasteiger partial charge in [-0.05, 0) is 38.3 Å². The summed E-state index contributed by atoms with van der Waals surface area (Å²) in [4.78, 5) is 18.9. The smallest absolute Gasteiger partial charge is 0.290 e. The number of piperidine rings is 1. The summed E-state index contributed by atoms with van der Waals surface area (Å²) in [7, 11) is 0. The zero-order valence-electron chi connectivity index (χ0n) is 10.8. The summed E-state index contributed by atoms with van der Waals surface area (Å²) in [6, 6.07) is 3.57. The van der Waals surface area contributed by atoms with E-state index in [0.29, 0.717) is 5.76 Å². The number of thiazole rings is 1. The molecule has 0 spiro atoms. The van der Waals surface area contributed by atoms with Gasteiger partial charge in [-0.25, -0.2) is 4.98 Å². The molecule has 2 aromatic heterocycles. The summed E-state index contributed by atoms with van der Waals surface area (Å²) in [6.45, 7) is 2.77. The molecule has 1 fully saturated rings. The number of likely N-dealkylation sites (tertiary alicyclic amines) is 1. The van der Waals surface area contributed by atoms with E-state index in [9.17, 15) is 4.79 Å². The highest BCUT2D eigenvalue weighted by Crippen LogP contribution is 2.33. The molecule has 1 aliphatic rings. The summed E-state index contributed by atoms with van der Waals surface area (Å²) in [6.07, 6.45) is 4.72. The third-order valence-electron chi connectivity index (χ3n) is 3.42. The van der Waals surface area contributed by atoms with Crippen molar-refractivity contribution in [3.63, 3.8) is 0 Å². The van der Waals surface area contributed by atoms with Crippen molar-refractivity contribution in [2.45, 2.75) is 32.2 Å². The molecule has 0 unspecified atom stereocenters. The maximum atomic E-state index is 12.5. The first-order valence-corrected chi connectivity index (χ1v) is 7.40. The molecule has 3 heterocycles. The predicted octanol–water partition coefficient (Wildman–Crippen LogP) is 3.41. The Hall–Kier alpha value is -1.62. The summed E-state index contributed by atoms with van der Waals surface area (Å²) in [5, 5.41) is 3.08. The second-order valence-electron chi connectivity index (χ2n) is 4.81. The molecule has 0 bridgehead atoms. The summed E-state index contributed by atoms with van der Waals surface area (Å²) in [5.41, 5.74) is 1.02. The van der Waals surface area contributed by atoms with Gasteiger partial charge in [-0.1, -0.05) is 0 Å². The van der Waals surface area contributed by atoms with E-state index in [1.165, 1.54) is 0 Å². The first-order valence-electron chi connectivity index (χ1n) is 6.52. The van der Waals surface area contributed by atoms with Crippen LogP contribution < -0.4 is 0 Å². The highest BCUT2D eigenvalue weighted by Gasteiger charge is 2.31. The van der Waals surface area contributed by atoms with Crippen molar-refractivity contribution >= 4 is 17.2 Å². The van der Waals surface area contributed by atoms with Crippen molar-refractivity contribution in [1.29, 1.82) is 0 Å². The molecule has 4 nitrogen and oxygen atoms in total.